The largest absolute Gasteiger partial charge is 0.381 e. The van der Waals surface area contributed by atoms with Gasteiger partial charge in [-0.15, -0.1) is 0 Å². The maximum absolute atomic E-state index is 12.8. The summed E-state index contributed by atoms with van der Waals surface area (Å²) in [5.41, 5.74) is 6.71. The summed E-state index contributed by atoms with van der Waals surface area (Å²) in [6, 6.07) is -0.619. The van der Waals surface area contributed by atoms with E-state index in [0.29, 0.717) is 5.25 Å². The number of allylic oxidation sites excluding steroid dienone is 1. The van der Waals surface area contributed by atoms with Crippen molar-refractivity contribution < 1.29 is 13.9 Å². The van der Waals surface area contributed by atoms with Gasteiger partial charge in [0.1, 0.15) is 6.67 Å². The zero-order valence-electron chi connectivity index (χ0n) is 14.0. The molecule has 3 nitrogen and oxygen atoms in total. The summed E-state index contributed by atoms with van der Waals surface area (Å²) in [6.45, 7) is 5.32. The van der Waals surface area contributed by atoms with Crippen molar-refractivity contribution in [2.45, 2.75) is 44.1 Å². The Balaban J connectivity index is 2.45. The molecule has 1 aliphatic heterocycles. The summed E-state index contributed by atoms with van der Waals surface area (Å²) in [5, 5.41) is 0.414. The zero-order chi connectivity index (χ0) is 16.4. The third-order valence-electron chi connectivity index (χ3n) is 3.98. The van der Waals surface area contributed by atoms with Crippen molar-refractivity contribution in [2.75, 3.05) is 32.8 Å². The lowest BCUT2D eigenvalue weighted by Crippen LogP contribution is -2.39. The van der Waals surface area contributed by atoms with Crippen LogP contribution in [0.5, 0.6) is 0 Å². The van der Waals surface area contributed by atoms with E-state index in [4.69, 9.17) is 15.2 Å². The highest BCUT2D eigenvalue weighted by Crippen LogP contribution is 2.24. The van der Waals surface area contributed by atoms with Crippen LogP contribution in [0.4, 0.5) is 4.39 Å². The highest BCUT2D eigenvalue weighted by molar-refractivity contribution is 8.00. The first-order chi connectivity index (χ1) is 10.6. The third-order valence-corrected chi connectivity index (χ3v) is 5.33. The van der Waals surface area contributed by atoms with Gasteiger partial charge in [0.25, 0.3) is 0 Å². The molecule has 3 unspecified atom stereocenters. The number of halogens is 1. The number of hydrogen-bond acceptors (Lipinski definition) is 4. The quantitative estimate of drug-likeness (QED) is 0.658. The van der Waals surface area contributed by atoms with Gasteiger partial charge in [-0.1, -0.05) is 18.2 Å². The summed E-state index contributed by atoms with van der Waals surface area (Å²) in [5.74, 6) is 1.93. The molecule has 0 aromatic heterocycles. The molecule has 0 aromatic carbocycles. The standard InChI is InChI=1S/C17H30FNO2S/c1-4-15(17(20-3)16(19)11-18)6-5-13(2)22-12-14-7-9-21-10-8-14/h4-6,13-14,16-17H,7-12,19H2,1-3H3/b6-5-,15-4+. The number of hydrogen-bond donors (Lipinski definition) is 1. The second-order valence-electron chi connectivity index (χ2n) is 5.72. The normalized spacial score (nSPS) is 22.0. The topological polar surface area (TPSA) is 44.5 Å². The van der Waals surface area contributed by atoms with Crippen LogP contribution in [0.15, 0.2) is 23.8 Å². The van der Waals surface area contributed by atoms with Crippen molar-refractivity contribution in [1.82, 2.24) is 0 Å². The molecule has 1 saturated heterocycles. The van der Waals surface area contributed by atoms with E-state index in [2.05, 4.69) is 13.0 Å². The molecule has 0 bridgehead atoms. The van der Waals surface area contributed by atoms with Crippen molar-refractivity contribution >= 4 is 11.8 Å². The van der Waals surface area contributed by atoms with E-state index in [0.717, 1.165) is 30.5 Å². The van der Waals surface area contributed by atoms with Crippen LogP contribution >= 0.6 is 11.8 Å². The van der Waals surface area contributed by atoms with Crippen molar-refractivity contribution in [3.63, 3.8) is 0 Å². The first kappa shape index (κ1) is 19.7. The first-order valence-electron chi connectivity index (χ1n) is 8.00. The van der Waals surface area contributed by atoms with E-state index in [1.807, 2.05) is 30.8 Å². The summed E-state index contributed by atoms with van der Waals surface area (Å²) >= 11 is 1.95. The molecule has 22 heavy (non-hydrogen) atoms. The minimum absolute atomic E-state index is 0.390. The number of thioether (sulfide) groups is 1. The lowest BCUT2D eigenvalue weighted by molar-refractivity contribution is 0.0728. The van der Waals surface area contributed by atoms with Crippen molar-refractivity contribution in [3.8, 4) is 0 Å². The van der Waals surface area contributed by atoms with Crippen molar-refractivity contribution in [3.05, 3.63) is 23.8 Å². The Kier molecular flexibility index (Phi) is 10.0. The molecule has 1 fully saturated rings. The van der Waals surface area contributed by atoms with Gasteiger partial charge in [-0.3, -0.25) is 0 Å². The molecule has 0 amide bonds. The van der Waals surface area contributed by atoms with Crippen LogP contribution in [-0.4, -0.2) is 50.1 Å². The van der Waals surface area contributed by atoms with Gasteiger partial charge in [0.15, 0.2) is 0 Å². The number of nitrogens with two attached hydrogens (primary N) is 1. The molecule has 0 spiro atoms. The Hall–Kier alpha value is -0.360. The van der Waals surface area contributed by atoms with Crippen LogP contribution < -0.4 is 5.73 Å². The maximum Gasteiger partial charge on any atom is 0.107 e. The van der Waals surface area contributed by atoms with Crippen LogP contribution in [0.1, 0.15) is 26.7 Å². The molecular weight excluding hydrogens is 301 g/mol. The second-order valence-corrected chi connectivity index (χ2v) is 7.13. The highest BCUT2D eigenvalue weighted by atomic mass is 32.2. The maximum atomic E-state index is 12.8. The van der Waals surface area contributed by atoms with E-state index in [9.17, 15) is 4.39 Å². The molecule has 3 atom stereocenters. The second kappa shape index (κ2) is 11.2. The molecule has 2 N–H and O–H groups in total. The molecule has 0 radical (unpaired) electrons. The van der Waals surface area contributed by atoms with Gasteiger partial charge in [0.2, 0.25) is 0 Å². The Morgan fingerprint density at radius 1 is 1.45 bits per heavy atom. The summed E-state index contributed by atoms with van der Waals surface area (Å²) in [4.78, 5) is 0. The van der Waals surface area contributed by atoms with E-state index in [1.54, 1.807) is 7.11 Å². The molecule has 1 aliphatic rings. The Labute approximate surface area is 138 Å². The predicted molar refractivity (Wildman–Crippen MR) is 93.1 cm³/mol. The molecule has 0 aliphatic carbocycles. The van der Waals surface area contributed by atoms with E-state index >= 15 is 0 Å². The van der Waals surface area contributed by atoms with Crippen LogP contribution in [0.3, 0.4) is 0 Å². The highest BCUT2D eigenvalue weighted by Gasteiger charge is 2.20. The fourth-order valence-electron chi connectivity index (χ4n) is 2.50. The van der Waals surface area contributed by atoms with Gasteiger partial charge in [-0.25, -0.2) is 4.39 Å². The monoisotopic (exact) mass is 331 g/mol. The molecule has 1 heterocycles. The van der Waals surface area contributed by atoms with Crippen LogP contribution in [0.2, 0.25) is 0 Å². The smallest absolute Gasteiger partial charge is 0.107 e. The SMILES string of the molecule is C/C=C(\C=C/C(C)SCC1CCOCC1)C(OC)C(N)CF. The number of rotatable bonds is 9. The lowest BCUT2D eigenvalue weighted by Gasteiger charge is -2.23. The molecule has 0 saturated carbocycles. The number of ether oxygens (including phenoxy) is 2. The van der Waals surface area contributed by atoms with Gasteiger partial charge in [-0.2, -0.15) is 11.8 Å². The average molecular weight is 331 g/mol. The first-order valence-corrected chi connectivity index (χ1v) is 9.05. The summed E-state index contributed by atoms with van der Waals surface area (Å²) < 4.78 is 23.5. The van der Waals surface area contributed by atoms with Gasteiger partial charge in [0, 0.05) is 25.6 Å². The fourth-order valence-corrected chi connectivity index (χ4v) is 3.60. The van der Waals surface area contributed by atoms with Gasteiger partial charge in [0.05, 0.1) is 12.1 Å². The minimum atomic E-state index is -0.619. The van der Waals surface area contributed by atoms with Crippen LogP contribution in [0, 0.1) is 5.92 Å². The zero-order valence-corrected chi connectivity index (χ0v) is 14.8. The van der Waals surface area contributed by atoms with Crippen molar-refractivity contribution in [1.29, 1.82) is 0 Å². The van der Waals surface area contributed by atoms with Gasteiger partial charge >= 0.3 is 0 Å². The third kappa shape index (κ3) is 6.82. The van der Waals surface area contributed by atoms with E-state index < -0.39 is 12.7 Å². The van der Waals surface area contributed by atoms with Gasteiger partial charge in [-0.05, 0) is 43.9 Å². The minimum Gasteiger partial charge on any atom is -0.381 e. The summed E-state index contributed by atoms with van der Waals surface area (Å²) in [6.07, 6.45) is 8.05. The number of methoxy groups -OCH3 is 1. The summed E-state index contributed by atoms with van der Waals surface area (Å²) in [7, 11) is 1.57. The molecule has 0 aromatic rings. The Morgan fingerprint density at radius 2 is 2.14 bits per heavy atom. The molecule has 1 rings (SSSR count). The van der Waals surface area contributed by atoms with E-state index in [1.165, 1.54) is 12.8 Å². The van der Waals surface area contributed by atoms with Crippen molar-refractivity contribution in [2.24, 2.45) is 11.7 Å². The Bertz CT molecular complexity index is 357. The average Bonchev–Trinajstić information content (AvgIpc) is 2.57. The lowest BCUT2D eigenvalue weighted by atomic mass is 10.0. The fraction of sp³-hybridized carbons (Fsp3) is 0.765. The van der Waals surface area contributed by atoms with Crippen LogP contribution in [0.25, 0.3) is 0 Å². The van der Waals surface area contributed by atoms with E-state index in [-0.39, 0.29) is 6.10 Å². The van der Waals surface area contributed by atoms with Crippen LogP contribution in [-0.2, 0) is 9.47 Å². The Morgan fingerprint density at radius 3 is 2.68 bits per heavy atom. The predicted octanol–water partition coefficient (Wildman–Crippen LogP) is 3.35. The number of alkyl halides is 1. The molecule has 128 valence electrons. The van der Waals surface area contributed by atoms with Gasteiger partial charge < -0.3 is 15.2 Å². The molecular formula is C17H30FNO2S. The molecule has 5 heteroatoms.